The van der Waals surface area contributed by atoms with Gasteiger partial charge >= 0.3 is 11.9 Å². The quantitative estimate of drug-likeness (QED) is 0.628. The van der Waals surface area contributed by atoms with Crippen molar-refractivity contribution in [1.29, 1.82) is 0 Å². The van der Waals surface area contributed by atoms with Crippen molar-refractivity contribution in [2.24, 2.45) is 7.05 Å². The number of hydrogen-bond donors (Lipinski definition) is 0. The fourth-order valence-corrected chi connectivity index (χ4v) is 3.40. The van der Waals surface area contributed by atoms with Crippen molar-refractivity contribution < 1.29 is 22.6 Å². The van der Waals surface area contributed by atoms with Crippen molar-refractivity contribution in [3.63, 3.8) is 0 Å². The largest absolute Gasteiger partial charge is 0.486 e. The van der Waals surface area contributed by atoms with Crippen LogP contribution in [0.15, 0.2) is 33.9 Å². The number of aromatic nitrogens is 3. The van der Waals surface area contributed by atoms with Gasteiger partial charge in [-0.05, 0) is 29.8 Å². The van der Waals surface area contributed by atoms with E-state index in [2.05, 4.69) is 4.98 Å². The van der Waals surface area contributed by atoms with E-state index in [0.717, 1.165) is 15.2 Å². The first-order valence-corrected chi connectivity index (χ1v) is 8.80. The fraction of sp³-hybridized carbons (Fsp3) is 0.278. The Morgan fingerprint density at radius 2 is 1.90 bits per heavy atom. The average Bonchev–Trinajstić information content (AvgIpc) is 2.68. The lowest BCUT2D eigenvalue weighted by Gasteiger charge is -2.20. The summed E-state index contributed by atoms with van der Waals surface area (Å²) in [4.78, 5) is 28.9. The Morgan fingerprint density at radius 1 is 1.17 bits per heavy atom. The molecule has 11 heteroatoms. The summed E-state index contributed by atoms with van der Waals surface area (Å²) in [5.74, 6) is 0.769. The molecule has 1 aliphatic heterocycles. The van der Waals surface area contributed by atoms with Crippen molar-refractivity contribution in [2.45, 2.75) is 12.7 Å². The van der Waals surface area contributed by atoms with Crippen LogP contribution < -0.4 is 20.7 Å². The van der Waals surface area contributed by atoms with Crippen LogP contribution in [0.4, 0.5) is 13.2 Å². The molecule has 0 saturated carbocycles. The molecule has 29 heavy (non-hydrogen) atoms. The molecular formula is C18H13ClF3N3O4. The zero-order chi connectivity index (χ0) is 20.9. The van der Waals surface area contributed by atoms with Crippen molar-refractivity contribution in [1.82, 2.24) is 14.1 Å². The maximum Gasteiger partial charge on any atom is 0.433 e. The Bertz CT molecular complexity index is 1250. The van der Waals surface area contributed by atoms with Gasteiger partial charge in [0.25, 0.3) is 5.56 Å². The standard InChI is InChI=1S/C18H13ClF3N3O4/c1-24-15-10(2-3-13(23-15)18(20,21)22)16(26)25(17(24)27)8-9-6-11(19)14-12(7-9)28-4-5-29-14/h2-3,6-7H,4-5,8H2,1H3. The SMILES string of the molecule is Cn1c(=O)n(Cc2cc(Cl)c3c(c2)OCCO3)c(=O)c2ccc(C(F)(F)F)nc21. The molecule has 4 rings (SSSR count). The van der Waals surface area contributed by atoms with Gasteiger partial charge in [0.1, 0.15) is 24.6 Å². The minimum atomic E-state index is -4.69. The van der Waals surface area contributed by atoms with Crippen LogP contribution in [-0.4, -0.2) is 27.3 Å². The van der Waals surface area contributed by atoms with Gasteiger partial charge in [-0.3, -0.25) is 13.9 Å². The molecule has 0 radical (unpaired) electrons. The number of alkyl halides is 3. The van der Waals surface area contributed by atoms with Crippen LogP contribution in [0, 0.1) is 0 Å². The Hall–Kier alpha value is -3.01. The zero-order valence-corrected chi connectivity index (χ0v) is 15.7. The highest BCUT2D eigenvalue weighted by atomic mass is 35.5. The van der Waals surface area contributed by atoms with Gasteiger partial charge in [0.15, 0.2) is 11.5 Å². The van der Waals surface area contributed by atoms with Gasteiger partial charge < -0.3 is 9.47 Å². The number of hydrogen-bond acceptors (Lipinski definition) is 5. The molecule has 3 aromatic rings. The van der Waals surface area contributed by atoms with Crippen molar-refractivity contribution in [3.05, 3.63) is 61.4 Å². The van der Waals surface area contributed by atoms with E-state index in [1.807, 2.05) is 0 Å². The summed E-state index contributed by atoms with van der Waals surface area (Å²) in [5, 5.41) is 0.156. The van der Waals surface area contributed by atoms with E-state index in [1.165, 1.54) is 13.1 Å². The third kappa shape index (κ3) is 3.33. The summed E-state index contributed by atoms with van der Waals surface area (Å²) in [5.41, 5.74) is -2.59. The molecule has 0 N–H and O–H groups in total. The average molecular weight is 428 g/mol. The highest BCUT2D eigenvalue weighted by Gasteiger charge is 2.33. The predicted molar refractivity (Wildman–Crippen MR) is 97.8 cm³/mol. The summed E-state index contributed by atoms with van der Waals surface area (Å²) in [6.07, 6.45) is -4.69. The Morgan fingerprint density at radius 3 is 2.62 bits per heavy atom. The van der Waals surface area contributed by atoms with Crippen LogP contribution in [0.5, 0.6) is 11.5 Å². The molecule has 1 aromatic carbocycles. The normalized spacial score (nSPS) is 13.7. The number of rotatable bonds is 2. The van der Waals surface area contributed by atoms with E-state index in [1.54, 1.807) is 6.07 Å². The minimum absolute atomic E-state index is 0.108. The third-order valence-corrected chi connectivity index (χ3v) is 4.75. The maximum absolute atomic E-state index is 12.9. The Labute approximate surface area is 165 Å². The molecule has 0 atom stereocenters. The number of aryl methyl sites for hydroxylation is 1. The number of fused-ring (bicyclic) bond motifs is 2. The lowest BCUT2D eigenvalue weighted by molar-refractivity contribution is -0.141. The van der Waals surface area contributed by atoms with E-state index in [4.69, 9.17) is 21.1 Å². The van der Waals surface area contributed by atoms with Crippen LogP contribution in [0.3, 0.4) is 0 Å². The Balaban J connectivity index is 1.84. The zero-order valence-electron chi connectivity index (χ0n) is 14.9. The van der Waals surface area contributed by atoms with Crippen LogP contribution in [0.1, 0.15) is 11.3 Å². The lowest BCUT2D eigenvalue weighted by Crippen LogP contribution is -2.39. The van der Waals surface area contributed by atoms with E-state index in [-0.39, 0.29) is 22.6 Å². The number of nitrogens with zero attached hydrogens (tertiary/aromatic N) is 3. The van der Waals surface area contributed by atoms with Gasteiger partial charge in [-0.15, -0.1) is 0 Å². The van der Waals surface area contributed by atoms with Crippen LogP contribution in [0.2, 0.25) is 5.02 Å². The van der Waals surface area contributed by atoms with Crippen LogP contribution >= 0.6 is 11.6 Å². The summed E-state index contributed by atoms with van der Waals surface area (Å²) >= 11 is 6.19. The molecule has 1 aliphatic rings. The summed E-state index contributed by atoms with van der Waals surface area (Å²) < 4.78 is 51.5. The summed E-state index contributed by atoms with van der Waals surface area (Å²) in [6.45, 7) is 0.528. The molecule has 0 fully saturated rings. The van der Waals surface area contributed by atoms with E-state index in [9.17, 15) is 22.8 Å². The highest BCUT2D eigenvalue weighted by molar-refractivity contribution is 6.32. The molecule has 0 bridgehead atoms. The van der Waals surface area contributed by atoms with Crippen molar-refractivity contribution in [2.75, 3.05) is 13.2 Å². The summed E-state index contributed by atoms with van der Waals surface area (Å²) in [7, 11) is 1.25. The van der Waals surface area contributed by atoms with Gasteiger partial charge in [0, 0.05) is 7.05 Å². The number of pyridine rings is 1. The van der Waals surface area contributed by atoms with Gasteiger partial charge in [0.2, 0.25) is 0 Å². The second-order valence-electron chi connectivity index (χ2n) is 6.40. The molecule has 3 heterocycles. The topological polar surface area (TPSA) is 75.3 Å². The molecule has 0 saturated heterocycles. The second kappa shape index (κ2) is 6.80. The number of ether oxygens (including phenoxy) is 2. The lowest BCUT2D eigenvalue weighted by atomic mass is 10.2. The maximum atomic E-state index is 12.9. The van der Waals surface area contributed by atoms with Crippen LogP contribution in [-0.2, 0) is 19.8 Å². The van der Waals surface area contributed by atoms with Gasteiger partial charge in [-0.2, -0.15) is 13.2 Å². The van der Waals surface area contributed by atoms with Gasteiger partial charge in [-0.25, -0.2) is 9.78 Å². The first-order valence-electron chi connectivity index (χ1n) is 8.42. The molecule has 0 aliphatic carbocycles. The van der Waals surface area contributed by atoms with E-state index < -0.39 is 23.1 Å². The van der Waals surface area contributed by atoms with E-state index >= 15 is 0 Å². The van der Waals surface area contributed by atoms with Gasteiger partial charge in [-0.1, -0.05) is 11.6 Å². The predicted octanol–water partition coefficient (Wildman–Crippen LogP) is 2.59. The first-order chi connectivity index (χ1) is 13.7. The van der Waals surface area contributed by atoms with Gasteiger partial charge in [0.05, 0.1) is 17.0 Å². The van der Waals surface area contributed by atoms with Crippen molar-refractivity contribution in [3.8, 4) is 11.5 Å². The second-order valence-corrected chi connectivity index (χ2v) is 6.81. The Kier molecular flexibility index (Phi) is 4.53. The highest BCUT2D eigenvalue weighted by Crippen LogP contribution is 2.38. The number of halogens is 4. The third-order valence-electron chi connectivity index (χ3n) is 4.47. The molecule has 152 valence electrons. The molecule has 0 unspecified atom stereocenters. The minimum Gasteiger partial charge on any atom is -0.486 e. The van der Waals surface area contributed by atoms with Crippen molar-refractivity contribution >= 4 is 22.6 Å². The monoisotopic (exact) mass is 427 g/mol. The number of benzene rings is 1. The molecule has 2 aromatic heterocycles. The molecule has 0 amide bonds. The fourth-order valence-electron chi connectivity index (χ4n) is 3.11. The van der Waals surface area contributed by atoms with Crippen LogP contribution in [0.25, 0.3) is 11.0 Å². The molecule has 7 nitrogen and oxygen atoms in total. The smallest absolute Gasteiger partial charge is 0.433 e. The molecular weight excluding hydrogens is 415 g/mol. The summed E-state index contributed by atoms with van der Waals surface area (Å²) in [6, 6.07) is 4.86. The molecule has 0 spiro atoms. The van der Waals surface area contributed by atoms with E-state index in [0.29, 0.717) is 36.3 Å². The first kappa shape index (κ1) is 19.3.